The van der Waals surface area contributed by atoms with Crippen molar-refractivity contribution in [2.24, 2.45) is 11.8 Å². The Bertz CT molecular complexity index is 567. The van der Waals surface area contributed by atoms with Gasteiger partial charge in [0, 0.05) is 18.8 Å². The molecule has 0 saturated carbocycles. The van der Waals surface area contributed by atoms with Crippen LogP contribution in [-0.2, 0) is 4.74 Å². The zero-order valence-electron chi connectivity index (χ0n) is 14.2. The van der Waals surface area contributed by atoms with Gasteiger partial charge >= 0.3 is 5.97 Å². The van der Waals surface area contributed by atoms with Gasteiger partial charge in [-0.05, 0) is 44.6 Å². The van der Waals surface area contributed by atoms with E-state index in [0.717, 1.165) is 19.5 Å². The molecule has 1 saturated heterocycles. The summed E-state index contributed by atoms with van der Waals surface area (Å²) in [6.45, 7) is 11.6. The first-order chi connectivity index (χ1) is 10.3. The highest BCUT2D eigenvalue weighted by Gasteiger charge is 2.30. The second-order valence-electron chi connectivity index (χ2n) is 6.50. The van der Waals surface area contributed by atoms with Crippen molar-refractivity contribution < 1.29 is 14.3 Å². The number of H-pyrrole nitrogens is 1. The number of aryl methyl sites for hydroxylation is 1. The van der Waals surface area contributed by atoms with Gasteiger partial charge in [-0.3, -0.25) is 4.79 Å². The Labute approximate surface area is 132 Å². The number of nitrogens with one attached hydrogen (secondary N) is 1. The number of aromatic amines is 1. The summed E-state index contributed by atoms with van der Waals surface area (Å²) < 4.78 is 5.08. The molecule has 1 aromatic rings. The van der Waals surface area contributed by atoms with Gasteiger partial charge in [0.15, 0.2) is 0 Å². The van der Waals surface area contributed by atoms with Crippen molar-refractivity contribution in [3.63, 3.8) is 0 Å². The smallest absolute Gasteiger partial charge is 0.340 e. The van der Waals surface area contributed by atoms with Crippen molar-refractivity contribution in [3.05, 3.63) is 22.5 Å². The third-order valence-electron chi connectivity index (χ3n) is 4.29. The van der Waals surface area contributed by atoms with Crippen LogP contribution < -0.4 is 0 Å². The molecule has 1 N–H and O–H groups in total. The molecule has 2 rings (SSSR count). The number of esters is 1. The number of ether oxygens (including phenoxy) is 1. The fraction of sp³-hybridized carbons (Fsp3) is 0.647. The van der Waals surface area contributed by atoms with Crippen LogP contribution in [0, 0.1) is 25.7 Å². The fourth-order valence-electron chi connectivity index (χ4n) is 3.46. The molecule has 0 unspecified atom stereocenters. The van der Waals surface area contributed by atoms with E-state index in [2.05, 4.69) is 18.8 Å². The van der Waals surface area contributed by atoms with Crippen LogP contribution in [0.1, 0.15) is 59.3 Å². The predicted octanol–water partition coefficient (Wildman–Crippen LogP) is 2.93. The maximum absolute atomic E-state index is 12.8. The first-order valence-electron chi connectivity index (χ1n) is 8.00. The molecule has 1 fully saturated rings. The molecule has 122 valence electrons. The van der Waals surface area contributed by atoms with Crippen molar-refractivity contribution in [1.82, 2.24) is 9.88 Å². The van der Waals surface area contributed by atoms with E-state index in [1.807, 2.05) is 4.90 Å². The molecule has 0 aromatic carbocycles. The topological polar surface area (TPSA) is 62.4 Å². The van der Waals surface area contributed by atoms with Crippen LogP contribution in [0.25, 0.3) is 0 Å². The third-order valence-corrected chi connectivity index (χ3v) is 4.29. The average molecular weight is 306 g/mol. The number of likely N-dealkylation sites (tertiary alicyclic amines) is 1. The first-order valence-corrected chi connectivity index (χ1v) is 8.00. The van der Waals surface area contributed by atoms with Crippen LogP contribution in [0.5, 0.6) is 0 Å². The van der Waals surface area contributed by atoms with E-state index >= 15 is 0 Å². The van der Waals surface area contributed by atoms with Crippen LogP contribution in [0.2, 0.25) is 0 Å². The molecule has 5 heteroatoms. The van der Waals surface area contributed by atoms with E-state index in [9.17, 15) is 9.59 Å². The molecule has 0 radical (unpaired) electrons. The number of rotatable bonds is 3. The normalized spacial score (nSPS) is 21.8. The van der Waals surface area contributed by atoms with Crippen molar-refractivity contribution in [2.75, 3.05) is 19.7 Å². The lowest BCUT2D eigenvalue weighted by atomic mass is 9.91. The van der Waals surface area contributed by atoms with E-state index in [1.54, 1.807) is 20.8 Å². The van der Waals surface area contributed by atoms with Crippen LogP contribution in [0.4, 0.5) is 0 Å². The molecule has 1 aromatic heterocycles. The van der Waals surface area contributed by atoms with E-state index in [4.69, 9.17) is 4.74 Å². The summed E-state index contributed by atoms with van der Waals surface area (Å²) in [5.41, 5.74) is 2.38. The molecular formula is C17H26N2O3. The third kappa shape index (κ3) is 3.18. The Balaban J connectivity index is 2.27. The number of nitrogens with zero attached hydrogens (tertiary/aromatic N) is 1. The summed E-state index contributed by atoms with van der Waals surface area (Å²) in [6.07, 6.45) is 1.15. The molecule has 0 bridgehead atoms. The molecule has 0 aliphatic carbocycles. The molecule has 1 aliphatic rings. The summed E-state index contributed by atoms with van der Waals surface area (Å²) in [4.78, 5) is 29.8. The number of hydrogen-bond donors (Lipinski definition) is 1. The molecule has 2 heterocycles. The van der Waals surface area contributed by atoms with Crippen molar-refractivity contribution in [3.8, 4) is 0 Å². The monoisotopic (exact) mass is 306 g/mol. The minimum Gasteiger partial charge on any atom is -0.462 e. The van der Waals surface area contributed by atoms with Crippen molar-refractivity contribution in [1.29, 1.82) is 0 Å². The van der Waals surface area contributed by atoms with Gasteiger partial charge in [-0.1, -0.05) is 13.8 Å². The number of hydrogen-bond acceptors (Lipinski definition) is 3. The molecule has 2 atom stereocenters. The molecule has 1 aliphatic heterocycles. The molecule has 0 spiro atoms. The quantitative estimate of drug-likeness (QED) is 0.873. The highest BCUT2D eigenvalue weighted by atomic mass is 16.5. The molecular weight excluding hydrogens is 280 g/mol. The summed E-state index contributed by atoms with van der Waals surface area (Å²) >= 11 is 0. The minimum atomic E-state index is -0.367. The number of carbonyl (C=O) groups excluding carboxylic acids is 2. The highest BCUT2D eigenvalue weighted by Crippen LogP contribution is 2.25. The van der Waals surface area contributed by atoms with Gasteiger partial charge < -0.3 is 14.6 Å². The lowest BCUT2D eigenvalue weighted by Crippen LogP contribution is -2.42. The van der Waals surface area contributed by atoms with Crippen molar-refractivity contribution >= 4 is 11.9 Å². The lowest BCUT2D eigenvalue weighted by Gasteiger charge is -2.34. The van der Waals surface area contributed by atoms with E-state index < -0.39 is 0 Å². The maximum Gasteiger partial charge on any atom is 0.340 e. The number of carbonyl (C=O) groups is 2. The van der Waals surface area contributed by atoms with E-state index in [-0.39, 0.29) is 11.9 Å². The number of piperidine rings is 1. The van der Waals surface area contributed by atoms with Crippen LogP contribution in [-0.4, -0.2) is 41.5 Å². The molecule has 22 heavy (non-hydrogen) atoms. The van der Waals surface area contributed by atoms with Crippen LogP contribution in [0.15, 0.2) is 0 Å². The zero-order chi connectivity index (χ0) is 16.4. The van der Waals surface area contributed by atoms with Gasteiger partial charge in [0.05, 0.1) is 12.2 Å². The van der Waals surface area contributed by atoms with Gasteiger partial charge in [-0.2, -0.15) is 0 Å². The summed E-state index contributed by atoms with van der Waals surface area (Å²) in [5.74, 6) is 0.630. The highest BCUT2D eigenvalue weighted by molar-refractivity contribution is 6.00. The van der Waals surface area contributed by atoms with Crippen LogP contribution in [0.3, 0.4) is 0 Å². The van der Waals surface area contributed by atoms with Gasteiger partial charge in [0.2, 0.25) is 0 Å². The predicted molar refractivity (Wildman–Crippen MR) is 85.1 cm³/mol. The largest absolute Gasteiger partial charge is 0.462 e. The van der Waals surface area contributed by atoms with Gasteiger partial charge in [0.25, 0.3) is 5.91 Å². The molecule has 5 nitrogen and oxygen atoms in total. The number of aromatic nitrogens is 1. The first kappa shape index (κ1) is 16.6. The average Bonchev–Trinajstić information content (AvgIpc) is 2.72. The Hall–Kier alpha value is -1.78. The number of amides is 1. The van der Waals surface area contributed by atoms with Gasteiger partial charge in [-0.15, -0.1) is 0 Å². The second-order valence-corrected chi connectivity index (χ2v) is 6.50. The van der Waals surface area contributed by atoms with E-state index in [1.165, 1.54) is 0 Å². The van der Waals surface area contributed by atoms with Crippen molar-refractivity contribution in [2.45, 2.75) is 41.0 Å². The summed E-state index contributed by atoms with van der Waals surface area (Å²) in [5, 5.41) is 0. The zero-order valence-corrected chi connectivity index (χ0v) is 14.2. The lowest BCUT2D eigenvalue weighted by molar-refractivity contribution is 0.0525. The summed E-state index contributed by atoms with van der Waals surface area (Å²) in [6, 6.07) is 0. The second kappa shape index (κ2) is 6.55. The molecule has 1 amide bonds. The van der Waals surface area contributed by atoms with Gasteiger partial charge in [-0.25, -0.2) is 4.79 Å². The standard InChI is InChI=1S/C17H26N2O3/c1-6-22-17(21)14-12(4)15(18-13(14)5)16(20)19-8-10(2)7-11(3)9-19/h10-11,18H,6-9H2,1-5H3/t10-,11+. The maximum atomic E-state index is 12.8. The van der Waals surface area contributed by atoms with E-state index in [0.29, 0.717) is 41.0 Å². The Kier molecular flexibility index (Phi) is 4.94. The van der Waals surface area contributed by atoms with Gasteiger partial charge in [0.1, 0.15) is 5.69 Å². The fourth-order valence-corrected chi connectivity index (χ4v) is 3.46. The summed E-state index contributed by atoms with van der Waals surface area (Å²) in [7, 11) is 0. The van der Waals surface area contributed by atoms with Crippen LogP contribution >= 0.6 is 0 Å². The Morgan fingerprint density at radius 3 is 2.36 bits per heavy atom. The minimum absolute atomic E-state index is 0.0189. The Morgan fingerprint density at radius 1 is 1.23 bits per heavy atom. The SMILES string of the molecule is CCOC(=O)c1c(C)[nH]c(C(=O)N2C[C@H](C)C[C@H](C)C2)c1C. The Morgan fingerprint density at radius 2 is 1.82 bits per heavy atom.